The van der Waals surface area contributed by atoms with Crippen LogP contribution in [-0.4, -0.2) is 26.3 Å². The first-order valence-corrected chi connectivity index (χ1v) is 8.31. The Kier molecular flexibility index (Phi) is 5.41. The number of rotatable bonds is 5. The molecule has 1 atom stereocenters. The van der Waals surface area contributed by atoms with Crippen LogP contribution in [-0.2, 0) is 11.2 Å². The Balaban J connectivity index is 1.99. The summed E-state index contributed by atoms with van der Waals surface area (Å²) in [7, 11) is 0. The van der Waals surface area contributed by atoms with E-state index in [2.05, 4.69) is 36.4 Å². The first kappa shape index (κ1) is 16.0. The topological polar surface area (TPSA) is 70.7 Å². The predicted molar refractivity (Wildman–Crippen MR) is 88.6 cm³/mol. The maximum atomic E-state index is 12.2. The van der Waals surface area contributed by atoms with Gasteiger partial charge in [-0.3, -0.25) is 9.89 Å². The number of aryl methyl sites for hydroxylation is 2. The van der Waals surface area contributed by atoms with Crippen molar-refractivity contribution in [3.63, 3.8) is 0 Å². The Hall–Kier alpha value is -1.34. The van der Waals surface area contributed by atoms with E-state index in [0.29, 0.717) is 5.16 Å². The van der Waals surface area contributed by atoms with Gasteiger partial charge < -0.3 is 5.32 Å². The summed E-state index contributed by atoms with van der Waals surface area (Å²) in [5, 5.41) is 10.1. The van der Waals surface area contributed by atoms with Crippen LogP contribution in [0.25, 0.3) is 0 Å². The van der Waals surface area contributed by atoms with E-state index >= 15 is 0 Å². The zero-order valence-corrected chi connectivity index (χ0v) is 14.5. The van der Waals surface area contributed by atoms with E-state index in [0.717, 1.165) is 28.0 Å². The van der Waals surface area contributed by atoms with Gasteiger partial charge in [0.2, 0.25) is 11.1 Å². The molecule has 0 aliphatic rings. The number of hydrogen-bond acceptors (Lipinski definition) is 4. The Morgan fingerprint density at radius 1 is 1.52 bits per heavy atom. The van der Waals surface area contributed by atoms with E-state index in [1.165, 1.54) is 11.8 Å². The van der Waals surface area contributed by atoms with Gasteiger partial charge in [-0.1, -0.05) is 24.8 Å². The van der Waals surface area contributed by atoms with E-state index in [1.807, 2.05) is 39.0 Å². The number of nitrogens with zero attached hydrogens (tertiary/aromatic N) is 2. The number of hydrogen-bond donors (Lipinski definition) is 2. The molecule has 5 nitrogen and oxygen atoms in total. The molecule has 0 saturated heterocycles. The molecular formula is C14H17BrN4OS. The van der Waals surface area contributed by atoms with Gasteiger partial charge in [-0.05, 0) is 47.5 Å². The Bertz CT molecular complexity index is 644. The number of benzene rings is 1. The fraction of sp³-hybridized carbons (Fsp3) is 0.357. The molecule has 1 unspecified atom stereocenters. The molecule has 0 spiro atoms. The maximum absolute atomic E-state index is 12.2. The molecule has 7 heteroatoms. The first-order chi connectivity index (χ1) is 9.99. The number of halogens is 1. The highest BCUT2D eigenvalue weighted by atomic mass is 79.9. The molecule has 1 aromatic heterocycles. The first-order valence-electron chi connectivity index (χ1n) is 6.64. The lowest BCUT2D eigenvalue weighted by Crippen LogP contribution is -2.22. The van der Waals surface area contributed by atoms with E-state index in [4.69, 9.17) is 0 Å². The summed E-state index contributed by atoms with van der Waals surface area (Å²) in [6.45, 7) is 5.84. The van der Waals surface area contributed by atoms with Crippen LogP contribution < -0.4 is 5.32 Å². The molecule has 1 heterocycles. The minimum absolute atomic E-state index is 0.0765. The molecule has 112 valence electrons. The van der Waals surface area contributed by atoms with Crippen LogP contribution in [0.5, 0.6) is 0 Å². The Morgan fingerprint density at radius 2 is 2.29 bits per heavy atom. The van der Waals surface area contributed by atoms with Crippen LogP contribution in [0.1, 0.15) is 25.2 Å². The Labute approximate surface area is 136 Å². The summed E-state index contributed by atoms with van der Waals surface area (Å²) in [6, 6.07) is 5.81. The van der Waals surface area contributed by atoms with Crippen molar-refractivity contribution in [2.24, 2.45) is 0 Å². The molecule has 1 aromatic carbocycles. The lowest BCUT2D eigenvalue weighted by Gasteiger charge is -2.11. The number of H-pyrrole nitrogens is 1. The smallest absolute Gasteiger partial charge is 0.237 e. The summed E-state index contributed by atoms with van der Waals surface area (Å²) in [5.41, 5.74) is 1.90. The zero-order valence-electron chi connectivity index (χ0n) is 12.1. The van der Waals surface area contributed by atoms with Gasteiger partial charge in [0.05, 0.1) is 10.9 Å². The average molecular weight is 369 g/mol. The standard InChI is InChI=1S/C14H17BrN4OS/c1-4-12-17-14(19-18-12)21-9(3)13(20)16-11-6-5-8(2)7-10(11)15/h5-7,9H,4H2,1-3H3,(H,16,20)(H,17,18,19). The van der Waals surface area contributed by atoms with Gasteiger partial charge in [0, 0.05) is 10.9 Å². The Morgan fingerprint density at radius 3 is 2.90 bits per heavy atom. The average Bonchev–Trinajstić information content (AvgIpc) is 2.89. The summed E-state index contributed by atoms with van der Waals surface area (Å²) in [6.07, 6.45) is 0.796. The van der Waals surface area contributed by atoms with Crippen LogP contribution in [0.3, 0.4) is 0 Å². The molecule has 0 radical (unpaired) electrons. The number of carbonyl (C=O) groups excluding carboxylic acids is 1. The molecule has 0 fully saturated rings. The third kappa shape index (κ3) is 4.31. The van der Waals surface area contributed by atoms with Crippen LogP contribution in [0.2, 0.25) is 0 Å². The molecule has 2 aromatic rings. The van der Waals surface area contributed by atoms with E-state index < -0.39 is 0 Å². The van der Waals surface area contributed by atoms with Crippen molar-refractivity contribution in [2.45, 2.75) is 37.6 Å². The highest BCUT2D eigenvalue weighted by Crippen LogP contribution is 2.25. The number of anilines is 1. The van der Waals surface area contributed by atoms with Crippen molar-refractivity contribution in [2.75, 3.05) is 5.32 Å². The number of amides is 1. The van der Waals surface area contributed by atoms with Crippen LogP contribution in [0.15, 0.2) is 27.8 Å². The molecule has 2 N–H and O–H groups in total. The van der Waals surface area contributed by atoms with Crippen molar-refractivity contribution in [3.8, 4) is 0 Å². The maximum Gasteiger partial charge on any atom is 0.237 e. The molecule has 21 heavy (non-hydrogen) atoms. The summed E-state index contributed by atoms with van der Waals surface area (Å²) >= 11 is 4.79. The number of aromatic amines is 1. The van der Waals surface area contributed by atoms with Crippen molar-refractivity contribution in [3.05, 3.63) is 34.1 Å². The van der Waals surface area contributed by atoms with Crippen molar-refractivity contribution >= 4 is 39.3 Å². The quantitative estimate of drug-likeness (QED) is 0.791. The number of thioether (sulfide) groups is 1. The molecule has 1 amide bonds. The van der Waals surface area contributed by atoms with E-state index in [-0.39, 0.29) is 11.2 Å². The normalized spacial score (nSPS) is 12.2. The third-order valence-electron chi connectivity index (χ3n) is 2.88. The van der Waals surface area contributed by atoms with Crippen molar-refractivity contribution in [1.29, 1.82) is 0 Å². The van der Waals surface area contributed by atoms with Gasteiger partial charge in [0.15, 0.2) is 0 Å². The van der Waals surface area contributed by atoms with Crippen molar-refractivity contribution in [1.82, 2.24) is 15.2 Å². The zero-order chi connectivity index (χ0) is 15.4. The second kappa shape index (κ2) is 7.09. The fourth-order valence-electron chi connectivity index (χ4n) is 1.66. The molecular weight excluding hydrogens is 352 g/mol. The lowest BCUT2D eigenvalue weighted by molar-refractivity contribution is -0.115. The van der Waals surface area contributed by atoms with E-state index in [9.17, 15) is 4.79 Å². The summed E-state index contributed by atoms with van der Waals surface area (Å²) in [4.78, 5) is 16.5. The van der Waals surface area contributed by atoms with Crippen LogP contribution in [0.4, 0.5) is 5.69 Å². The number of aromatic nitrogens is 3. The highest BCUT2D eigenvalue weighted by molar-refractivity contribution is 9.10. The van der Waals surface area contributed by atoms with Gasteiger partial charge in [-0.25, -0.2) is 4.98 Å². The molecule has 0 aliphatic heterocycles. The fourth-order valence-corrected chi connectivity index (χ4v) is 2.99. The third-order valence-corrected chi connectivity index (χ3v) is 4.50. The number of nitrogens with one attached hydrogen (secondary N) is 2. The van der Waals surface area contributed by atoms with Crippen LogP contribution >= 0.6 is 27.7 Å². The van der Waals surface area contributed by atoms with Gasteiger partial charge in [-0.15, -0.1) is 5.10 Å². The summed E-state index contributed by atoms with van der Waals surface area (Å²) in [5.74, 6) is 0.749. The molecule has 0 saturated carbocycles. The van der Waals surface area contributed by atoms with Gasteiger partial charge in [0.1, 0.15) is 5.82 Å². The van der Waals surface area contributed by atoms with Gasteiger partial charge >= 0.3 is 0 Å². The van der Waals surface area contributed by atoms with Gasteiger partial charge in [-0.2, -0.15) is 0 Å². The predicted octanol–water partition coefficient (Wildman–Crippen LogP) is 3.56. The number of carbonyl (C=O) groups is 1. The molecule has 0 bridgehead atoms. The van der Waals surface area contributed by atoms with Gasteiger partial charge in [0.25, 0.3) is 0 Å². The largest absolute Gasteiger partial charge is 0.324 e. The highest BCUT2D eigenvalue weighted by Gasteiger charge is 2.18. The summed E-state index contributed by atoms with van der Waals surface area (Å²) < 4.78 is 0.874. The second-order valence-electron chi connectivity index (χ2n) is 4.65. The molecule has 0 aliphatic carbocycles. The van der Waals surface area contributed by atoms with Crippen molar-refractivity contribution < 1.29 is 4.79 Å². The minimum atomic E-state index is -0.279. The van der Waals surface area contributed by atoms with Crippen LogP contribution in [0, 0.1) is 6.92 Å². The monoisotopic (exact) mass is 368 g/mol. The molecule has 2 rings (SSSR count). The lowest BCUT2D eigenvalue weighted by atomic mass is 10.2. The second-order valence-corrected chi connectivity index (χ2v) is 6.81. The van der Waals surface area contributed by atoms with E-state index in [1.54, 1.807) is 0 Å². The minimum Gasteiger partial charge on any atom is -0.324 e. The SMILES string of the molecule is CCc1nc(SC(C)C(=O)Nc2ccc(C)cc2Br)n[nH]1.